The molecule has 0 radical (unpaired) electrons. The first kappa shape index (κ1) is 15.7. The smallest absolute Gasteiger partial charge is 0.185 e. The van der Waals surface area contributed by atoms with Crippen molar-refractivity contribution in [1.29, 1.82) is 0 Å². The third-order valence-corrected chi connectivity index (χ3v) is 4.17. The van der Waals surface area contributed by atoms with Gasteiger partial charge in [0, 0.05) is 25.5 Å². The van der Waals surface area contributed by atoms with Crippen LogP contribution in [0.5, 0.6) is 5.75 Å². The first-order valence-corrected chi connectivity index (χ1v) is 8.24. The molecule has 1 atom stereocenters. The highest BCUT2D eigenvalue weighted by atomic mass is 19.1. The molecule has 25 heavy (non-hydrogen) atoms. The van der Waals surface area contributed by atoms with Crippen molar-refractivity contribution in [2.24, 2.45) is 0 Å². The number of hydrogen-bond acceptors (Lipinski definition) is 6. The summed E-state index contributed by atoms with van der Waals surface area (Å²) in [6.45, 7) is 2.12. The molecule has 7 heteroatoms. The number of pyridine rings is 1. The maximum atomic E-state index is 14.2. The molecule has 128 valence electrons. The topological polar surface area (TPSA) is 72.0 Å². The van der Waals surface area contributed by atoms with Gasteiger partial charge in [-0.3, -0.25) is 15.0 Å². The summed E-state index contributed by atoms with van der Waals surface area (Å²) in [5.74, 6) is -0.231. The van der Waals surface area contributed by atoms with Gasteiger partial charge in [-0.25, -0.2) is 4.39 Å². The van der Waals surface area contributed by atoms with Crippen molar-refractivity contribution in [3.8, 4) is 5.75 Å². The van der Waals surface area contributed by atoms with Crippen LogP contribution in [-0.2, 0) is 6.54 Å². The van der Waals surface area contributed by atoms with Crippen LogP contribution in [-0.4, -0.2) is 34.1 Å². The molecule has 6 nitrogen and oxygen atoms in total. The Hall–Kier alpha value is -2.80. The number of anilines is 1. The van der Waals surface area contributed by atoms with Crippen molar-refractivity contribution < 1.29 is 9.13 Å². The van der Waals surface area contributed by atoms with Crippen LogP contribution < -0.4 is 15.4 Å². The molecule has 3 aromatic rings. The van der Waals surface area contributed by atoms with E-state index in [0.29, 0.717) is 12.2 Å². The van der Waals surface area contributed by atoms with Gasteiger partial charge in [0.05, 0.1) is 29.1 Å². The summed E-state index contributed by atoms with van der Waals surface area (Å²) in [7, 11) is 0. The Morgan fingerprint density at radius 2 is 2.08 bits per heavy atom. The number of benzene rings is 1. The third-order valence-electron chi connectivity index (χ3n) is 4.17. The second-order valence-electron chi connectivity index (χ2n) is 5.96. The molecule has 0 amide bonds. The first-order valence-electron chi connectivity index (χ1n) is 8.24. The van der Waals surface area contributed by atoms with Gasteiger partial charge in [0.1, 0.15) is 6.10 Å². The van der Waals surface area contributed by atoms with Gasteiger partial charge in [0.25, 0.3) is 0 Å². The van der Waals surface area contributed by atoms with Gasteiger partial charge < -0.3 is 15.4 Å². The minimum Gasteiger partial charge on any atom is -0.484 e. The van der Waals surface area contributed by atoms with E-state index in [2.05, 4.69) is 25.6 Å². The lowest BCUT2D eigenvalue weighted by Crippen LogP contribution is -2.21. The summed E-state index contributed by atoms with van der Waals surface area (Å²) in [6.07, 6.45) is 6.94. The summed E-state index contributed by atoms with van der Waals surface area (Å²) >= 11 is 0. The van der Waals surface area contributed by atoms with Crippen LogP contribution in [0.3, 0.4) is 0 Å². The van der Waals surface area contributed by atoms with Crippen LogP contribution in [0.2, 0.25) is 0 Å². The molecule has 1 unspecified atom stereocenters. The Labute approximate surface area is 144 Å². The highest BCUT2D eigenvalue weighted by Crippen LogP contribution is 2.29. The zero-order valence-corrected chi connectivity index (χ0v) is 13.6. The number of nitrogens with zero attached hydrogens (tertiary/aromatic N) is 3. The molecule has 2 aromatic heterocycles. The third kappa shape index (κ3) is 3.51. The summed E-state index contributed by atoms with van der Waals surface area (Å²) in [5, 5.41) is 6.42. The van der Waals surface area contributed by atoms with Crippen LogP contribution in [0.25, 0.3) is 11.0 Å². The molecule has 1 aliphatic heterocycles. The van der Waals surface area contributed by atoms with Gasteiger partial charge >= 0.3 is 0 Å². The van der Waals surface area contributed by atoms with Crippen LogP contribution in [0.1, 0.15) is 12.0 Å². The van der Waals surface area contributed by atoms with Gasteiger partial charge in [-0.05, 0) is 30.7 Å². The zero-order valence-electron chi connectivity index (χ0n) is 13.6. The number of fused-ring (bicyclic) bond motifs is 1. The molecule has 1 aromatic carbocycles. The average molecular weight is 339 g/mol. The van der Waals surface area contributed by atoms with E-state index in [1.807, 2.05) is 18.2 Å². The number of nitrogens with one attached hydrogen (secondary N) is 2. The van der Waals surface area contributed by atoms with Gasteiger partial charge in [0.2, 0.25) is 0 Å². The molecule has 0 aliphatic carbocycles. The van der Waals surface area contributed by atoms with Crippen molar-refractivity contribution in [1.82, 2.24) is 20.3 Å². The summed E-state index contributed by atoms with van der Waals surface area (Å²) < 4.78 is 20.0. The molecule has 2 N–H and O–H groups in total. The number of aromatic nitrogens is 3. The molecule has 0 bridgehead atoms. The van der Waals surface area contributed by atoms with Gasteiger partial charge in [-0.15, -0.1) is 0 Å². The molecule has 3 heterocycles. The van der Waals surface area contributed by atoms with E-state index in [4.69, 9.17) is 4.74 Å². The van der Waals surface area contributed by atoms with E-state index >= 15 is 0 Å². The van der Waals surface area contributed by atoms with E-state index in [-0.39, 0.29) is 11.9 Å². The minimum absolute atomic E-state index is 0.0200. The predicted molar refractivity (Wildman–Crippen MR) is 93.0 cm³/mol. The van der Waals surface area contributed by atoms with Crippen LogP contribution >= 0.6 is 0 Å². The molecule has 1 aliphatic rings. The van der Waals surface area contributed by atoms with Crippen LogP contribution in [0.15, 0.2) is 43.0 Å². The minimum atomic E-state index is -0.457. The fourth-order valence-corrected chi connectivity index (χ4v) is 2.88. The van der Waals surface area contributed by atoms with Crippen LogP contribution in [0.4, 0.5) is 10.1 Å². The van der Waals surface area contributed by atoms with Gasteiger partial charge in [0.15, 0.2) is 11.6 Å². The quantitative estimate of drug-likeness (QED) is 0.744. The average Bonchev–Trinajstić information content (AvgIpc) is 3.15. The normalized spacial score (nSPS) is 16.9. The monoisotopic (exact) mass is 339 g/mol. The summed E-state index contributed by atoms with van der Waals surface area (Å²) in [4.78, 5) is 12.5. The molecule has 0 saturated carbocycles. The fraction of sp³-hybridized carbons (Fsp3) is 0.278. The maximum absolute atomic E-state index is 14.2. The van der Waals surface area contributed by atoms with Gasteiger partial charge in [-0.1, -0.05) is 6.07 Å². The highest BCUT2D eigenvalue weighted by Gasteiger charge is 2.20. The molecule has 0 spiro atoms. The molecular weight excluding hydrogens is 321 g/mol. The van der Waals surface area contributed by atoms with E-state index in [9.17, 15) is 4.39 Å². The number of ether oxygens (including phenoxy) is 1. The van der Waals surface area contributed by atoms with Crippen LogP contribution in [0, 0.1) is 5.82 Å². The molecule has 1 fully saturated rings. The molecular formula is C18H18FN5O. The highest BCUT2D eigenvalue weighted by molar-refractivity contribution is 5.74. The van der Waals surface area contributed by atoms with Gasteiger partial charge in [-0.2, -0.15) is 0 Å². The Morgan fingerprint density at radius 3 is 2.92 bits per heavy atom. The first-order chi connectivity index (χ1) is 12.3. The standard InChI is InChI=1S/C18H18FN5O/c19-14-10-21-11-17(18(14)25-13-3-4-20-9-13)24-8-12-1-2-15-16(7-12)23-6-5-22-15/h1-2,5-7,10-11,13,20,24H,3-4,8-9H2. The van der Waals surface area contributed by atoms with Crippen molar-refractivity contribution in [3.05, 3.63) is 54.4 Å². The lowest BCUT2D eigenvalue weighted by molar-refractivity contribution is 0.214. The second-order valence-corrected chi connectivity index (χ2v) is 5.96. The number of hydrogen-bond donors (Lipinski definition) is 2. The lowest BCUT2D eigenvalue weighted by atomic mass is 10.2. The van der Waals surface area contributed by atoms with Crippen molar-refractivity contribution in [2.45, 2.75) is 19.1 Å². The summed E-state index contributed by atoms with van der Waals surface area (Å²) in [6, 6.07) is 5.85. The fourth-order valence-electron chi connectivity index (χ4n) is 2.88. The Balaban J connectivity index is 1.52. The van der Waals surface area contributed by atoms with E-state index < -0.39 is 5.82 Å². The maximum Gasteiger partial charge on any atom is 0.185 e. The molecule has 1 saturated heterocycles. The van der Waals surface area contributed by atoms with Crippen molar-refractivity contribution >= 4 is 16.7 Å². The summed E-state index contributed by atoms with van der Waals surface area (Å²) in [5.41, 5.74) is 3.24. The number of halogens is 1. The Morgan fingerprint density at radius 1 is 1.20 bits per heavy atom. The number of rotatable bonds is 5. The van der Waals surface area contributed by atoms with E-state index in [0.717, 1.165) is 36.1 Å². The van der Waals surface area contributed by atoms with Crippen molar-refractivity contribution in [2.75, 3.05) is 18.4 Å². The Bertz CT molecular complexity index is 882. The SMILES string of the molecule is Fc1cncc(NCc2ccc3nccnc3c2)c1OC1CCNC1. The lowest BCUT2D eigenvalue weighted by Gasteiger charge is -2.17. The largest absolute Gasteiger partial charge is 0.484 e. The van der Waals surface area contributed by atoms with E-state index in [1.165, 1.54) is 6.20 Å². The molecule has 4 rings (SSSR count). The zero-order chi connectivity index (χ0) is 17.1. The second kappa shape index (κ2) is 6.98. The predicted octanol–water partition coefficient (Wildman–Crippen LogP) is 2.52. The van der Waals surface area contributed by atoms with E-state index in [1.54, 1.807) is 18.6 Å². The van der Waals surface area contributed by atoms with Crippen molar-refractivity contribution in [3.63, 3.8) is 0 Å². The Kier molecular flexibility index (Phi) is 4.39.